The van der Waals surface area contributed by atoms with Gasteiger partial charge in [0, 0.05) is 18.7 Å². The summed E-state index contributed by atoms with van der Waals surface area (Å²) < 4.78 is 39.6. The van der Waals surface area contributed by atoms with Crippen molar-refractivity contribution in [1.29, 1.82) is 0 Å². The molecule has 0 aliphatic heterocycles. The van der Waals surface area contributed by atoms with Crippen molar-refractivity contribution in [2.45, 2.75) is 12.7 Å². The zero-order chi connectivity index (χ0) is 14.3. The SMILES string of the molecule is NCc1ccc(C(=O)NCCOCC(F)(F)F)cc1. The first kappa shape index (κ1) is 15.5. The van der Waals surface area contributed by atoms with Gasteiger partial charge in [-0.2, -0.15) is 13.2 Å². The van der Waals surface area contributed by atoms with Gasteiger partial charge >= 0.3 is 6.18 Å². The van der Waals surface area contributed by atoms with Gasteiger partial charge in [-0.1, -0.05) is 12.1 Å². The maximum absolute atomic E-state index is 11.8. The van der Waals surface area contributed by atoms with Crippen LogP contribution in [-0.4, -0.2) is 31.8 Å². The average Bonchev–Trinajstić information content (AvgIpc) is 2.37. The van der Waals surface area contributed by atoms with Gasteiger partial charge in [-0.25, -0.2) is 0 Å². The van der Waals surface area contributed by atoms with Crippen molar-refractivity contribution in [3.8, 4) is 0 Å². The van der Waals surface area contributed by atoms with Crippen LogP contribution in [-0.2, 0) is 11.3 Å². The van der Waals surface area contributed by atoms with E-state index >= 15 is 0 Å². The fraction of sp³-hybridized carbons (Fsp3) is 0.417. The third kappa shape index (κ3) is 6.21. The van der Waals surface area contributed by atoms with Gasteiger partial charge in [0.25, 0.3) is 5.91 Å². The van der Waals surface area contributed by atoms with E-state index in [1.165, 1.54) is 0 Å². The van der Waals surface area contributed by atoms with E-state index in [1.807, 2.05) is 0 Å². The standard InChI is InChI=1S/C12H15F3N2O2/c13-12(14,15)8-19-6-5-17-11(18)10-3-1-9(7-16)2-4-10/h1-4H,5-8,16H2,(H,17,18). The van der Waals surface area contributed by atoms with E-state index in [-0.39, 0.29) is 19.1 Å². The first-order chi connectivity index (χ1) is 8.92. The molecular formula is C12H15F3N2O2. The van der Waals surface area contributed by atoms with E-state index in [0.717, 1.165) is 5.56 Å². The summed E-state index contributed by atoms with van der Waals surface area (Å²) in [7, 11) is 0. The number of nitrogens with one attached hydrogen (secondary N) is 1. The molecule has 0 aliphatic carbocycles. The van der Waals surface area contributed by atoms with Crippen molar-refractivity contribution in [1.82, 2.24) is 5.32 Å². The van der Waals surface area contributed by atoms with Crippen LogP contribution in [0.15, 0.2) is 24.3 Å². The Morgan fingerprint density at radius 3 is 2.42 bits per heavy atom. The Hall–Kier alpha value is -1.60. The maximum atomic E-state index is 11.8. The largest absolute Gasteiger partial charge is 0.411 e. The second-order valence-electron chi connectivity index (χ2n) is 3.82. The minimum atomic E-state index is -4.35. The van der Waals surface area contributed by atoms with E-state index in [4.69, 9.17) is 5.73 Å². The number of halogens is 3. The van der Waals surface area contributed by atoms with Crippen molar-refractivity contribution < 1.29 is 22.7 Å². The lowest BCUT2D eigenvalue weighted by molar-refractivity contribution is -0.173. The third-order valence-electron chi connectivity index (χ3n) is 2.25. The number of alkyl halides is 3. The van der Waals surface area contributed by atoms with Gasteiger partial charge in [0.2, 0.25) is 0 Å². The van der Waals surface area contributed by atoms with Crippen LogP contribution in [0.1, 0.15) is 15.9 Å². The van der Waals surface area contributed by atoms with Gasteiger partial charge in [-0.3, -0.25) is 4.79 Å². The van der Waals surface area contributed by atoms with Crippen molar-refractivity contribution in [2.75, 3.05) is 19.8 Å². The lowest BCUT2D eigenvalue weighted by atomic mass is 10.1. The number of amides is 1. The summed E-state index contributed by atoms with van der Waals surface area (Å²) in [4.78, 5) is 11.6. The normalized spacial score (nSPS) is 11.4. The monoisotopic (exact) mass is 276 g/mol. The molecule has 1 rings (SSSR count). The molecule has 0 aromatic heterocycles. The molecule has 7 heteroatoms. The molecule has 0 atom stereocenters. The van der Waals surface area contributed by atoms with Gasteiger partial charge in [0.15, 0.2) is 0 Å². The molecule has 106 valence electrons. The molecule has 0 saturated heterocycles. The van der Waals surface area contributed by atoms with Gasteiger partial charge in [-0.15, -0.1) is 0 Å². The van der Waals surface area contributed by atoms with Crippen LogP contribution in [0, 0.1) is 0 Å². The number of benzene rings is 1. The number of hydrogen-bond donors (Lipinski definition) is 2. The van der Waals surface area contributed by atoms with E-state index < -0.39 is 12.8 Å². The topological polar surface area (TPSA) is 64.4 Å². The van der Waals surface area contributed by atoms with Crippen molar-refractivity contribution in [3.05, 3.63) is 35.4 Å². The fourth-order valence-corrected chi connectivity index (χ4v) is 1.32. The quantitative estimate of drug-likeness (QED) is 0.773. The van der Waals surface area contributed by atoms with Crippen LogP contribution < -0.4 is 11.1 Å². The number of ether oxygens (including phenoxy) is 1. The number of rotatable bonds is 6. The van der Waals surface area contributed by atoms with E-state index in [0.29, 0.717) is 12.1 Å². The highest BCUT2D eigenvalue weighted by molar-refractivity contribution is 5.94. The van der Waals surface area contributed by atoms with Crippen molar-refractivity contribution in [2.24, 2.45) is 5.73 Å². The Kier molecular flexibility index (Phi) is 5.78. The maximum Gasteiger partial charge on any atom is 0.411 e. The van der Waals surface area contributed by atoms with Gasteiger partial charge in [-0.05, 0) is 17.7 Å². The Morgan fingerprint density at radius 2 is 1.89 bits per heavy atom. The summed E-state index contributed by atoms with van der Waals surface area (Å²) in [6, 6.07) is 6.65. The average molecular weight is 276 g/mol. The lowest BCUT2D eigenvalue weighted by Crippen LogP contribution is -2.28. The minimum Gasteiger partial charge on any atom is -0.370 e. The summed E-state index contributed by atoms with van der Waals surface area (Å²) in [6.45, 7) is -1.10. The highest BCUT2D eigenvalue weighted by Gasteiger charge is 2.27. The van der Waals surface area contributed by atoms with Crippen molar-refractivity contribution in [3.63, 3.8) is 0 Å². The Bertz CT molecular complexity index is 404. The zero-order valence-electron chi connectivity index (χ0n) is 10.2. The second kappa shape index (κ2) is 7.10. The van der Waals surface area contributed by atoms with Crippen LogP contribution >= 0.6 is 0 Å². The third-order valence-corrected chi connectivity index (χ3v) is 2.25. The second-order valence-corrected chi connectivity index (χ2v) is 3.82. The van der Waals surface area contributed by atoms with Gasteiger partial charge in [0.1, 0.15) is 6.61 Å². The van der Waals surface area contributed by atoms with Crippen molar-refractivity contribution >= 4 is 5.91 Å². The Balaban J connectivity index is 2.27. The molecule has 0 heterocycles. The molecule has 0 saturated carbocycles. The van der Waals surface area contributed by atoms with E-state index in [1.54, 1.807) is 24.3 Å². The van der Waals surface area contributed by atoms with Crippen LogP contribution in [0.3, 0.4) is 0 Å². The predicted molar refractivity (Wildman–Crippen MR) is 63.5 cm³/mol. The number of carbonyl (C=O) groups is 1. The molecule has 0 fully saturated rings. The molecule has 19 heavy (non-hydrogen) atoms. The summed E-state index contributed by atoms with van der Waals surface area (Å²) in [5.74, 6) is -0.362. The summed E-state index contributed by atoms with van der Waals surface area (Å²) in [5, 5.41) is 2.46. The van der Waals surface area contributed by atoms with Gasteiger partial charge in [0.05, 0.1) is 6.61 Å². The Labute approximate surface area is 108 Å². The molecule has 1 aromatic carbocycles. The molecule has 0 spiro atoms. The minimum absolute atomic E-state index is 0.0214. The fourth-order valence-electron chi connectivity index (χ4n) is 1.32. The molecule has 0 bridgehead atoms. The number of nitrogens with two attached hydrogens (primary N) is 1. The van der Waals surface area contributed by atoms with E-state index in [2.05, 4.69) is 10.1 Å². The molecule has 0 unspecified atom stereocenters. The van der Waals surface area contributed by atoms with E-state index in [9.17, 15) is 18.0 Å². The zero-order valence-corrected chi connectivity index (χ0v) is 10.2. The van der Waals surface area contributed by atoms with Crippen LogP contribution in [0.5, 0.6) is 0 Å². The summed E-state index contributed by atoms with van der Waals surface area (Å²) >= 11 is 0. The number of carbonyl (C=O) groups excluding carboxylic acids is 1. The Morgan fingerprint density at radius 1 is 1.26 bits per heavy atom. The molecule has 3 N–H and O–H groups in total. The van der Waals surface area contributed by atoms with Crippen LogP contribution in [0.2, 0.25) is 0 Å². The summed E-state index contributed by atoms with van der Waals surface area (Å²) in [5.41, 5.74) is 6.73. The molecule has 0 aliphatic rings. The van der Waals surface area contributed by atoms with Gasteiger partial charge < -0.3 is 15.8 Å². The predicted octanol–water partition coefficient (Wildman–Crippen LogP) is 1.45. The smallest absolute Gasteiger partial charge is 0.370 e. The lowest BCUT2D eigenvalue weighted by Gasteiger charge is -2.08. The first-order valence-electron chi connectivity index (χ1n) is 5.64. The highest BCUT2D eigenvalue weighted by atomic mass is 19.4. The first-order valence-corrected chi connectivity index (χ1v) is 5.64. The number of hydrogen-bond acceptors (Lipinski definition) is 3. The molecule has 0 radical (unpaired) electrons. The molecular weight excluding hydrogens is 261 g/mol. The highest BCUT2D eigenvalue weighted by Crippen LogP contribution is 2.13. The molecule has 1 amide bonds. The summed E-state index contributed by atoms with van der Waals surface area (Å²) in [6.07, 6.45) is -4.35. The molecule has 4 nitrogen and oxygen atoms in total. The molecule has 1 aromatic rings. The van der Waals surface area contributed by atoms with Crippen LogP contribution in [0.4, 0.5) is 13.2 Å². The van der Waals surface area contributed by atoms with Crippen LogP contribution in [0.25, 0.3) is 0 Å².